The molecule has 1 aliphatic heterocycles. The predicted molar refractivity (Wildman–Crippen MR) is 86.6 cm³/mol. The van der Waals surface area contributed by atoms with Gasteiger partial charge in [-0.05, 0) is 18.2 Å². The fraction of sp³-hybridized carbons (Fsp3) is 0.500. The number of amides is 1. The van der Waals surface area contributed by atoms with Gasteiger partial charge >= 0.3 is 0 Å². The van der Waals surface area contributed by atoms with Crippen LogP contribution in [-0.2, 0) is 14.8 Å². The lowest BCUT2D eigenvalue weighted by Crippen LogP contribution is -2.51. The van der Waals surface area contributed by atoms with Crippen LogP contribution < -0.4 is 0 Å². The van der Waals surface area contributed by atoms with E-state index in [-0.39, 0.29) is 39.9 Å². The number of carbonyl (C=O) groups is 1. The maximum Gasteiger partial charge on any atom is 0.243 e. The maximum atomic E-state index is 12.6. The Hall–Kier alpha value is -0.820. The fourth-order valence-corrected chi connectivity index (χ4v) is 4.49. The minimum absolute atomic E-state index is 0.0443. The van der Waals surface area contributed by atoms with E-state index in [0.29, 0.717) is 13.1 Å². The molecule has 0 spiro atoms. The molecule has 0 unspecified atom stereocenters. The van der Waals surface area contributed by atoms with E-state index < -0.39 is 10.0 Å². The van der Waals surface area contributed by atoms with E-state index in [9.17, 15) is 13.2 Å². The molecule has 0 aromatic heterocycles. The van der Waals surface area contributed by atoms with Crippen LogP contribution >= 0.6 is 23.2 Å². The van der Waals surface area contributed by atoms with Gasteiger partial charge in [0, 0.05) is 42.1 Å². The second kappa shape index (κ2) is 6.74. The van der Waals surface area contributed by atoms with E-state index >= 15 is 0 Å². The smallest absolute Gasteiger partial charge is 0.243 e. The van der Waals surface area contributed by atoms with Crippen LogP contribution in [-0.4, -0.2) is 49.7 Å². The first kappa shape index (κ1) is 17.5. The van der Waals surface area contributed by atoms with Gasteiger partial charge in [-0.1, -0.05) is 37.0 Å². The van der Waals surface area contributed by atoms with Crippen LogP contribution in [0.2, 0.25) is 10.0 Å². The molecule has 0 saturated carbocycles. The molecule has 5 nitrogen and oxygen atoms in total. The minimum Gasteiger partial charge on any atom is -0.340 e. The highest BCUT2D eigenvalue weighted by molar-refractivity contribution is 7.89. The number of rotatable bonds is 3. The summed E-state index contributed by atoms with van der Waals surface area (Å²) < 4.78 is 26.6. The van der Waals surface area contributed by atoms with Crippen molar-refractivity contribution in [2.75, 3.05) is 26.2 Å². The zero-order chi connectivity index (χ0) is 16.5. The second-order valence-electron chi connectivity index (χ2n) is 5.49. The van der Waals surface area contributed by atoms with Gasteiger partial charge in [-0.2, -0.15) is 4.31 Å². The Morgan fingerprint density at radius 1 is 1.05 bits per heavy atom. The normalized spacial score (nSPS) is 17.0. The number of hydrogen-bond donors (Lipinski definition) is 0. The Kier molecular flexibility index (Phi) is 5.37. The number of nitrogens with zero attached hydrogens (tertiary/aromatic N) is 2. The number of hydrogen-bond acceptors (Lipinski definition) is 3. The highest BCUT2D eigenvalue weighted by Crippen LogP contribution is 2.25. The van der Waals surface area contributed by atoms with Gasteiger partial charge in [-0.25, -0.2) is 8.42 Å². The minimum atomic E-state index is -3.65. The molecule has 1 amide bonds. The van der Waals surface area contributed by atoms with Gasteiger partial charge < -0.3 is 4.90 Å². The van der Waals surface area contributed by atoms with E-state index in [1.165, 1.54) is 22.5 Å². The van der Waals surface area contributed by atoms with Gasteiger partial charge in [0.2, 0.25) is 15.9 Å². The summed E-state index contributed by atoms with van der Waals surface area (Å²) in [5.41, 5.74) is 0. The van der Waals surface area contributed by atoms with Crippen LogP contribution in [0.15, 0.2) is 23.1 Å². The monoisotopic (exact) mass is 364 g/mol. The van der Waals surface area contributed by atoms with Crippen molar-refractivity contribution in [3.63, 3.8) is 0 Å². The van der Waals surface area contributed by atoms with Gasteiger partial charge in [-0.15, -0.1) is 0 Å². The molecule has 0 N–H and O–H groups in total. The lowest BCUT2D eigenvalue weighted by molar-refractivity contribution is -0.135. The Labute approximate surface area is 140 Å². The van der Waals surface area contributed by atoms with Crippen LogP contribution in [0.3, 0.4) is 0 Å². The SMILES string of the molecule is CC(C)C(=O)N1CCN(S(=O)(=O)c2cc(Cl)cc(Cl)c2)CC1. The van der Waals surface area contributed by atoms with Crippen LogP contribution in [0.25, 0.3) is 0 Å². The summed E-state index contributed by atoms with van der Waals surface area (Å²) in [6.45, 7) is 4.99. The van der Waals surface area contributed by atoms with Crippen molar-refractivity contribution in [2.45, 2.75) is 18.7 Å². The predicted octanol–water partition coefficient (Wildman–Crippen LogP) is 2.48. The lowest BCUT2D eigenvalue weighted by atomic mass is 10.2. The molecule has 1 aliphatic rings. The molecule has 1 heterocycles. The number of sulfonamides is 1. The summed E-state index contributed by atoms with van der Waals surface area (Å²) in [5.74, 6) is -0.0438. The molecule has 1 aromatic carbocycles. The molecule has 0 radical (unpaired) electrons. The topological polar surface area (TPSA) is 57.7 Å². The third-order valence-corrected chi connectivity index (χ3v) is 5.83. The van der Waals surface area contributed by atoms with E-state index in [1.807, 2.05) is 13.8 Å². The molecule has 1 aromatic rings. The standard InChI is InChI=1S/C14H18Cl2N2O3S/c1-10(2)14(19)17-3-5-18(6-4-17)22(20,21)13-8-11(15)7-12(16)9-13/h7-10H,3-6H2,1-2H3. The summed E-state index contributed by atoms with van der Waals surface area (Å²) in [4.78, 5) is 13.7. The van der Waals surface area contributed by atoms with Crippen molar-refractivity contribution in [3.8, 4) is 0 Å². The highest BCUT2D eigenvalue weighted by atomic mass is 35.5. The van der Waals surface area contributed by atoms with Gasteiger partial charge in [-0.3, -0.25) is 4.79 Å². The summed E-state index contributed by atoms with van der Waals surface area (Å²) in [7, 11) is -3.65. The molecule has 0 atom stereocenters. The van der Waals surface area contributed by atoms with Crippen molar-refractivity contribution in [1.29, 1.82) is 0 Å². The Bertz CT molecular complexity index is 648. The van der Waals surface area contributed by atoms with Gasteiger partial charge in [0.05, 0.1) is 4.90 Å². The molecule has 2 rings (SSSR count). The number of halogens is 2. The zero-order valence-corrected chi connectivity index (χ0v) is 14.7. The molecule has 8 heteroatoms. The third-order valence-electron chi connectivity index (χ3n) is 3.52. The first-order valence-corrected chi connectivity index (χ1v) is 9.16. The first-order valence-electron chi connectivity index (χ1n) is 6.97. The van der Waals surface area contributed by atoms with Crippen molar-refractivity contribution >= 4 is 39.1 Å². The molecule has 0 aliphatic carbocycles. The van der Waals surface area contributed by atoms with Crippen LogP contribution in [0.4, 0.5) is 0 Å². The molecule has 1 saturated heterocycles. The second-order valence-corrected chi connectivity index (χ2v) is 8.30. The summed E-state index contributed by atoms with van der Waals surface area (Å²) in [5, 5.41) is 0.555. The summed E-state index contributed by atoms with van der Waals surface area (Å²) in [6, 6.07) is 4.25. The largest absolute Gasteiger partial charge is 0.340 e. The Balaban J connectivity index is 2.14. The first-order chi connectivity index (χ1) is 10.2. The molecule has 1 fully saturated rings. The zero-order valence-electron chi connectivity index (χ0n) is 12.4. The Morgan fingerprint density at radius 2 is 1.55 bits per heavy atom. The average Bonchev–Trinajstić information content (AvgIpc) is 2.45. The Morgan fingerprint density at radius 3 is 2.00 bits per heavy atom. The number of benzene rings is 1. The van der Waals surface area contributed by atoms with Crippen molar-refractivity contribution in [1.82, 2.24) is 9.21 Å². The quantitative estimate of drug-likeness (QED) is 0.827. The van der Waals surface area contributed by atoms with E-state index in [4.69, 9.17) is 23.2 Å². The van der Waals surface area contributed by atoms with Crippen LogP contribution in [0.5, 0.6) is 0 Å². The molecule has 0 bridgehead atoms. The van der Waals surface area contributed by atoms with Crippen molar-refractivity contribution in [3.05, 3.63) is 28.2 Å². The van der Waals surface area contributed by atoms with Gasteiger partial charge in [0.1, 0.15) is 0 Å². The van der Waals surface area contributed by atoms with Crippen LogP contribution in [0.1, 0.15) is 13.8 Å². The molecule has 122 valence electrons. The lowest BCUT2D eigenvalue weighted by Gasteiger charge is -2.34. The third kappa shape index (κ3) is 3.74. The highest BCUT2D eigenvalue weighted by Gasteiger charge is 2.31. The van der Waals surface area contributed by atoms with Gasteiger partial charge in [0.25, 0.3) is 0 Å². The molecular formula is C14H18Cl2N2O3S. The van der Waals surface area contributed by atoms with Crippen molar-refractivity contribution < 1.29 is 13.2 Å². The van der Waals surface area contributed by atoms with Crippen molar-refractivity contribution in [2.24, 2.45) is 5.92 Å². The van der Waals surface area contributed by atoms with Crippen LogP contribution in [0, 0.1) is 5.92 Å². The summed E-state index contributed by atoms with van der Waals surface area (Å²) in [6.07, 6.45) is 0. The maximum absolute atomic E-state index is 12.6. The molecule has 22 heavy (non-hydrogen) atoms. The van der Waals surface area contributed by atoms with E-state index in [2.05, 4.69) is 0 Å². The van der Waals surface area contributed by atoms with E-state index in [0.717, 1.165) is 0 Å². The van der Waals surface area contributed by atoms with Gasteiger partial charge in [0.15, 0.2) is 0 Å². The van der Waals surface area contributed by atoms with E-state index in [1.54, 1.807) is 4.90 Å². The number of piperazine rings is 1. The molecular weight excluding hydrogens is 347 g/mol. The number of carbonyl (C=O) groups excluding carboxylic acids is 1. The fourth-order valence-electron chi connectivity index (χ4n) is 2.34. The summed E-state index contributed by atoms with van der Waals surface area (Å²) >= 11 is 11.7. The average molecular weight is 365 g/mol.